The molecule has 1 saturated heterocycles. The van der Waals surface area contributed by atoms with Gasteiger partial charge in [0.25, 0.3) is 0 Å². The van der Waals surface area contributed by atoms with Gasteiger partial charge in [0.2, 0.25) is 5.91 Å². The average molecular weight is 295 g/mol. The quantitative estimate of drug-likeness (QED) is 0.838. The Morgan fingerprint density at radius 2 is 2.19 bits per heavy atom. The summed E-state index contributed by atoms with van der Waals surface area (Å²) in [7, 11) is 1.50. The number of nitrogens with two attached hydrogens (primary N) is 1. The lowest BCUT2D eigenvalue weighted by Crippen LogP contribution is -2.29. The van der Waals surface area contributed by atoms with Crippen molar-refractivity contribution < 1.29 is 13.9 Å². The third-order valence-corrected chi connectivity index (χ3v) is 3.71. The number of anilines is 2. The van der Waals surface area contributed by atoms with Crippen molar-refractivity contribution >= 4 is 17.3 Å². The first-order chi connectivity index (χ1) is 10.2. The first-order valence-corrected chi connectivity index (χ1v) is 7.22. The summed E-state index contributed by atoms with van der Waals surface area (Å²) < 4.78 is 19.1. The van der Waals surface area contributed by atoms with Gasteiger partial charge < -0.3 is 20.7 Å². The van der Waals surface area contributed by atoms with E-state index in [9.17, 15) is 9.18 Å². The number of para-hydroxylation sites is 1. The van der Waals surface area contributed by atoms with E-state index in [0.29, 0.717) is 0 Å². The van der Waals surface area contributed by atoms with Gasteiger partial charge >= 0.3 is 0 Å². The first-order valence-electron chi connectivity index (χ1n) is 7.22. The summed E-state index contributed by atoms with van der Waals surface area (Å²) in [5.41, 5.74) is 6.48. The molecule has 1 amide bonds. The maximum Gasteiger partial charge on any atom is 0.227 e. The van der Waals surface area contributed by atoms with Gasteiger partial charge in [-0.2, -0.15) is 0 Å². The molecule has 21 heavy (non-hydrogen) atoms. The third kappa shape index (κ3) is 3.92. The maximum atomic E-state index is 14.1. The molecule has 0 spiro atoms. The van der Waals surface area contributed by atoms with Crippen molar-refractivity contribution in [3.63, 3.8) is 0 Å². The molecule has 1 aliphatic rings. The Kier molecular flexibility index (Phi) is 5.52. The Balaban J connectivity index is 2.13. The number of ether oxygens (including phenoxy) is 1. The van der Waals surface area contributed by atoms with Crippen LogP contribution in [0.2, 0.25) is 0 Å². The van der Waals surface area contributed by atoms with E-state index >= 15 is 0 Å². The monoisotopic (exact) mass is 295 g/mol. The highest BCUT2D eigenvalue weighted by atomic mass is 19.1. The van der Waals surface area contributed by atoms with Gasteiger partial charge in [0, 0.05) is 26.7 Å². The SMILES string of the molecule is COC(CN)CC(=O)Nc1c(F)cccc1N1CCCC1. The molecule has 1 aromatic rings. The number of hydrogen-bond acceptors (Lipinski definition) is 4. The molecule has 116 valence electrons. The van der Waals surface area contributed by atoms with Gasteiger partial charge in [0.05, 0.1) is 18.2 Å². The molecule has 0 aromatic heterocycles. The molecule has 1 aromatic carbocycles. The van der Waals surface area contributed by atoms with Crippen LogP contribution in [0, 0.1) is 5.82 Å². The van der Waals surface area contributed by atoms with Gasteiger partial charge in [-0.25, -0.2) is 4.39 Å². The lowest BCUT2D eigenvalue weighted by atomic mass is 10.2. The van der Waals surface area contributed by atoms with Crippen molar-refractivity contribution in [2.24, 2.45) is 5.73 Å². The Bertz CT molecular complexity index is 486. The Morgan fingerprint density at radius 3 is 2.81 bits per heavy atom. The van der Waals surface area contributed by atoms with E-state index in [1.54, 1.807) is 6.07 Å². The lowest BCUT2D eigenvalue weighted by molar-refractivity contribution is -0.118. The van der Waals surface area contributed by atoms with Crippen LogP contribution in [0.3, 0.4) is 0 Å². The standard InChI is InChI=1S/C15H22FN3O2/c1-21-11(10-17)9-14(20)18-15-12(16)5-4-6-13(15)19-7-2-3-8-19/h4-6,11H,2-3,7-10,17H2,1H3,(H,18,20). The van der Waals surface area contributed by atoms with Crippen LogP contribution < -0.4 is 16.0 Å². The number of carbonyl (C=O) groups is 1. The number of methoxy groups -OCH3 is 1. The minimum atomic E-state index is -0.422. The fourth-order valence-corrected chi connectivity index (χ4v) is 2.52. The predicted octanol–water partition coefficient (Wildman–Crippen LogP) is 1.73. The topological polar surface area (TPSA) is 67.6 Å². The third-order valence-electron chi connectivity index (χ3n) is 3.71. The number of nitrogens with one attached hydrogen (secondary N) is 1. The highest BCUT2D eigenvalue weighted by molar-refractivity contribution is 5.94. The number of amides is 1. The van der Waals surface area contributed by atoms with Crippen molar-refractivity contribution in [1.29, 1.82) is 0 Å². The summed E-state index contributed by atoms with van der Waals surface area (Å²) in [6.45, 7) is 2.02. The fourth-order valence-electron chi connectivity index (χ4n) is 2.52. The molecule has 3 N–H and O–H groups in total. The molecule has 5 nitrogen and oxygen atoms in total. The van der Waals surface area contributed by atoms with Crippen molar-refractivity contribution in [2.45, 2.75) is 25.4 Å². The average Bonchev–Trinajstić information content (AvgIpc) is 3.01. The van der Waals surface area contributed by atoms with Crippen LogP contribution in [-0.2, 0) is 9.53 Å². The molecule has 1 unspecified atom stereocenters. The lowest BCUT2D eigenvalue weighted by Gasteiger charge is -2.22. The minimum Gasteiger partial charge on any atom is -0.380 e. The number of nitrogens with zero attached hydrogens (tertiary/aromatic N) is 1. The number of halogens is 1. The zero-order valence-electron chi connectivity index (χ0n) is 12.3. The second kappa shape index (κ2) is 7.38. The van der Waals surface area contributed by atoms with E-state index in [2.05, 4.69) is 10.2 Å². The molecular formula is C15H22FN3O2. The van der Waals surface area contributed by atoms with E-state index in [1.165, 1.54) is 13.2 Å². The Morgan fingerprint density at radius 1 is 1.48 bits per heavy atom. The molecule has 2 rings (SSSR count). The van der Waals surface area contributed by atoms with Gasteiger partial charge in [-0.15, -0.1) is 0 Å². The molecule has 1 atom stereocenters. The van der Waals surface area contributed by atoms with E-state index in [1.807, 2.05) is 6.07 Å². The van der Waals surface area contributed by atoms with Gasteiger partial charge in [0.15, 0.2) is 0 Å². The Labute approximate surface area is 124 Å². The van der Waals surface area contributed by atoms with Gasteiger partial charge in [0.1, 0.15) is 11.5 Å². The highest BCUT2D eigenvalue weighted by Crippen LogP contribution is 2.31. The second-order valence-electron chi connectivity index (χ2n) is 5.17. The van der Waals surface area contributed by atoms with Crippen molar-refractivity contribution in [3.05, 3.63) is 24.0 Å². The van der Waals surface area contributed by atoms with E-state index in [4.69, 9.17) is 10.5 Å². The number of rotatable bonds is 6. The van der Waals surface area contributed by atoms with Crippen LogP contribution in [0.25, 0.3) is 0 Å². The normalized spacial score (nSPS) is 16.0. The minimum absolute atomic E-state index is 0.112. The molecule has 0 bridgehead atoms. The summed E-state index contributed by atoms with van der Waals surface area (Å²) in [5.74, 6) is -0.715. The molecule has 0 aliphatic carbocycles. The molecular weight excluding hydrogens is 273 g/mol. The molecule has 0 saturated carbocycles. The van der Waals surface area contributed by atoms with Crippen molar-refractivity contribution in [2.75, 3.05) is 37.0 Å². The number of carbonyl (C=O) groups excluding carboxylic acids is 1. The van der Waals surface area contributed by atoms with Crippen LogP contribution in [-0.4, -0.2) is 38.8 Å². The summed E-state index contributed by atoms with van der Waals surface area (Å²) >= 11 is 0. The van der Waals surface area contributed by atoms with E-state index in [-0.39, 0.29) is 30.7 Å². The van der Waals surface area contributed by atoms with Gasteiger partial charge in [-0.05, 0) is 25.0 Å². The summed E-state index contributed by atoms with van der Waals surface area (Å²) in [6.07, 6.45) is 1.93. The molecule has 1 aliphatic heterocycles. The molecule has 6 heteroatoms. The maximum absolute atomic E-state index is 14.1. The number of hydrogen-bond donors (Lipinski definition) is 2. The smallest absolute Gasteiger partial charge is 0.227 e. The van der Waals surface area contributed by atoms with Crippen LogP contribution in [0.1, 0.15) is 19.3 Å². The van der Waals surface area contributed by atoms with Crippen LogP contribution >= 0.6 is 0 Å². The van der Waals surface area contributed by atoms with E-state index in [0.717, 1.165) is 31.6 Å². The van der Waals surface area contributed by atoms with Crippen LogP contribution in [0.15, 0.2) is 18.2 Å². The Hall–Kier alpha value is -1.66. The zero-order valence-corrected chi connectivity index (χ0v) is 12.3. The second-order valence-corrected chi connectivity index (χ2v) is 5.17. The summed E-state index contributed by atoms with van der Waals surface area (Å²) in [4.78, 5) is 14.1. The highest BCUT2D eigenvalue weighted by Gasteiger charge is 2.20. The summed E-state index contributed by atoms with van der Waals surface area (Å²) in [5, 5.41) is 2.66. The fraction of sp³-hybridized carbons (Fsp3) is 0.533. The molecule has 0 radical (unpaired) electrons. The van der Waals surface area contributed by atoms with Crippen LogP contribution in [0.4, 0.5) is 15.8 Å². The van der Waals surface area contributed by atoms with Crippen molar-refractivity contribution in [3.8, 4) is 0 Å². The molecule has 1 heterocycles. The van der Waals surface area contributed by atoms with Crippen LogP contribution in [0.5, 0.6) is 0 Å². The summed E-state index contributed by atoms with van der Waals surface area (Å²) in [6, 6.07) is 4.85. The van der Waals surface area contributed by atoms with Crippen molar-refractivity contribution in [1.82, 2.24) is 0 Å². The number of benzene rings is 1. The van der Waals surface area contributed by atoms with Gasteiger partial charge in [-0.3, -0.25) is 4.79 Å². The van der Waals surface area contributed by atoms with Gasteiger partial charge in [-0.1, -0.05) is 6.07 Å². The largest absolute Gasteiger partial charge is 0.380 e. The first kappa shape index (κ1) is 15.7. The van der Waals surface area contributed by atoms with E-state index < -0.39 is 5.82 Å². The molecule has 1 fully saturated rings. The zero-order chi connectivity index (χ0) is 15.2. The predicted molar refractivity (Wildman–Crippen MR) is 80.9 cm³/mol.